The Hall–Kier alpha value is -2.71. The second kappa shape index (κ2) is 6.28. The number of aliphatic hydroxyl groups excluding tert-OH is 1. The van der Waals surface area contributed by atoms with Gasteiger partial charge in [0.15, 0.2) is 0 Å². The fourth-order valence-electron chi connectivity index (χ4n) is 1.46. The lowest BCUT2D eigenvalue weighted by molar-refractivity contribution is 0.102. The Labute approximate surface area is 110 Å². The van der Waals surface area contributed by atoms with Crippen molar-refractivity contribution in [2.45, 2.75) is 0 Å². The zero-order valence-electron chi connectivity index (χ0n) is 10.00. The summed E-state index contributed by atoms with van der Waals surface area (Å²) in [5, 5.41) is 11.3. The molecule has 2 aromatic rings. The highest BCUT2D eigenvalue weighted by Crippen LogP contribution is 2.09. The van der Waals surface area contributed by atoms with Gasteiger partial charge in [-0.05, 0) is 18.2 Å². The summed E-state index contributed by atoms with van der Waals surface area (Å²) in [6.07, 6.45) is 3.08. The lowest BCUT2D eigenvalue weighted by Crippen LogP contribution is -2.15. The Morgan fingerprint density at radius 1 is 1.21 bits per heavy atom. The highest BCUT2D eigenvalue weighted by atomic mass is 16.2. The van der Waals surface area contributed by atoms with Crippen LogP contribution in [0.2, 0.25) is 0 Å². The molecule has 1 amide bonds. The van der Waals surface area contributed by atoms with Gasteiger partial charge in [-0.25, -0.2) is 9.97 Å². The topological polar surface area (TPSA) is 75.1 Å². The zero-order chi connectivity index (χ0) is 13.5. The van der Waals surface area contributed by atoms with E-state index in [0.29, 0.717) is 11.1 Å². The van der Waals surface area contributed by atoms with Crippen LogP contribution in [-0.4, -0.2) is 27.6 Å². The summed E-state index contributed by atoms with van der Waals surface area (Å²) in [6.45, 7) is -0.252. The van der Waals surface area contributed by atoms with E-state index in [2.05, 4.69) is 27.1 Å². The van der Waals surface area contributed by atoms with Crippen molar-refractivity contribution < 1.29 is 9.90 Å². The van der Waals surface area contributed by atoms with Crippen LogP contribution in [-0.2, 0) is 0 Å². The van der Waals surface area contributed by atoms with Crippen LogP contribution in [0.1, 0.15) is 15.9 Å². The predicted molar refractivity (Wildman–Crippen MR) is 70.4 cm³/mol. The molecule has 0 aliphatic heterocycles. The first-order valence-electron chi connectivity index (χ1n) is 5.58. The van der Waals surface area contributed by atoms with Gasteiger partial charge < -0.3 is 5.11 Å². The highest BCUT2D eigenvalue weighted by molar-refractivity contribution is 6.05. The van der Waals surface area contributed by atoms with Gasteiger partial charge in [0, 0.05) is 18.0 Å². The van der Waals surface area contributed by atoms with Crippen molar-refractivity contribution in [1.82, 2.24) is 9.97 Å². The van der Waals surface area contributed by atoms with Crippen LogP contribution < -0.4 is 5.32 Å². The summed E-state index contributed by atoms with van der Waals surface area (Å²) in [5.41, 5.74) is 0.959. The minimum atomic E-state index is -0.339. The zero-order valence-corrected chi connectivity index (χ0v) is 10.00. The minimum Gasteiger partial charge on any atom is -0.384 e. The third-order valence-corrected chi connectivity index (χ3v) is 2.26. The monoisotopic (exact) mass is 253 g/mol. The van der Waals surface area contributed by atoms with Crippen molar-refractivity contribution in [3.05, 3.63) is 53.9 Å². The van der Waals surface area contributed by atoms with Crippen LogP contribution >= 0.6 is 0 Å². The molecule has 0 bridgehead atoms. The fourth-order valence-corrected chi connectivity index (χ4v) is 1.46. The van der Waals surface area contributed by atoms with Crippen LogP contribution in [0.3, 0.4) is 0 Å². The minimum absolute atomic E-state index is 0.234. The SMILES string of the molecule is O=C(Nc1ncccn1)c1ccccc1C#CCO. The molecule has 1 aromatic heterocycles. The molecule has 0 radical (unpaired) electrons. The second-order valence-electron chi connectivity index (χ2n) is 3.53. The molecule has 0 saturated carbocycles. The van der Waals surface area contributed by atoms with Crippen molar-refractivity contribution in [2.24, 2.45) is 0 Å². The number of hydrogen-bond donors (Lipinski definition) is 2. The molecule has 0 saturated heterocycles. The van der Waals surface area contributed by atoms with E-state index in [1.165, 1.54) is 0 Å². The van der Waals surface area contributed by atoms with Gasteiger partial charge in [0.2, 0.25) is 5.95 Å². The lowest BCUT2D eigenvalue weighted by atomic mass is 10.1. The molecular formula is C14H11N3O2. The number of benzene rings is 1. The Morgan fingerprint density at radius 2 is 1.95 bits per heavy atom. The van der Waals surface area contributed by atoms with Gasteiger partial charge in [-0.1, -0.05) is 24.0 Å². The molecule has 0 aliphatic rings. The smallest absolute Gasteiger partial charge is 0.259 e. The van der Waals surface area contributed by atoms with Crippen molar-refractivity contribution in [3.8, 4) is 11.8 Å². The van der Waals surface area contributed by atoms with E-state index in [9.17, 15) is 4.79 Å². The number of carbonyl (C=O) groups excluding carboxylic acids is 1. The van der Waals surface area contributed by atoms with Crippen LogP contribution in [0.5, 0.6) is 0 Å². The molecule has 2 rings (SSSR count). The average Bonchev–Trinajstić information content (AvgIpc) is 2.46. The van der Waals surface area contributed by atoms with Crippen LogP contribution in [0.4, 0.5) is 5.95 Å². The van der Waals surface area contributed by atoms with Crippen LogP contribution in [0, 0.1) is 11.8 Å². The van der Waals surface area contributed by atoms with Gasteiger partial charge in [-0.3, -0.25) is 10.1 Å². The number of anilines is 1. The Kier molecular flexibility index (Phi) is 4.21. The van der Waals surface area contributed by atoms with Crippen molar-refractivity contribution in [2.75, 3.05) is 11.9 Å². The molecule has 1 heterocycles. The fraction of sp³-hybridized carbons (Fsp3) is 0.0714. The normalized spacial score (nSPS) is 9.32. The van der Waals surface area contributed by atoms with E-state index in [-0.39, 0.29) is 18.5 Å². The van der Waals surface area contributed by atoms with Crippen molar-refractivity contribution in [1.29, 1.82) is 0 Å². The molecule has 0 spiro atoms. The van der Waals surface area contributed by atoms with Gasteiger partial charge >= 0.3 is 0 Å². The van der Waals surface area contributed by atoms with Gasteiger partial charge in [0.1, 0.15) is 6.61 Å². The molecule has 2 N–H and O–H groups in total. The maximum Gasteiger partial charge on any atom is 0.259 e. The maximum absolute atomic E-state index is 12.1. The first-order chi connectivity index (χ1) is 9.31. The summed E-state index contributed by atoms with van der Waals surface area (Å²) >= 11 is 0. The largest absolute Gasteiger partial charge is 0.384 e. The molecule has 19 heavy (non-hydrogen) atoms. The number of rotatable bonds is 2. The average molecular weight is 253 g/mol. The molecule has 94 valence electrons. The van der Waals surface area contributed by atoms with Gasteiger partial charge in [0.05, 0.1) is 5.56 Å². The van der Waals surface area contributed by atoms with Gasteiger partial charge in [0.25, 0.3) is 5.91 Å². The Morgan fingerprint density at radius 3 is 2.68 bits per heavy atom. The van der Waals surface area contributed by atoms with Crippen LogP contribution in [0.25, 0.3) is 0 Å². The quantitative estimate of drug-likeness (QED) is 0.785. The number of hydrogen-bond acceptors (Lipinski definition) is 4. The third-order valence-electron chi connectivity index (χ3n) is 2.26. The van der Waals surface area contributed by atoms with E-state index < -0.39 is 0 Å². The number of amides is 1. The molecule has 0 atom stereocenters. The van der Waals surface area contributed by atoms with E-state index in [1.54, 1.807) is 42.7 Å². The molecule has 5 nitrogen and oxygen atoms in total. The molecule has 5 heteroatoms. The maximum atomic E-state index is 12.1. The second-order valence-corrected chi connectivity index (χ2v) is 3.53. The lowest BCUT2D eigenvalue weighted by Gasteiger charge is -2.04. The summed E-state index contributed by atoms with van der Waals surface area (Å²) in [5.74, 6) is 5.14. The third kappa shape index (κ3) is 3.37. The number of carbonyl (C=O) groups is 1. The highest BCUT2D eigenvalue weighted by Gasteiger charge is 2.10. The molecule has 1 aromatic carbocycles. The summed E-state index contributed by atoms with van der Waals surface area (Å²) < 4.78 is 0. The predicted octanol–water partition coefficient (Wildman–Crippen LogP) is 1.07. The van der Waals surface area contributed by atoms with Crippen molar-refractivity contribution in [3.63, 3.8) is 0 Å². The molecule has 0 aliphatic carbocycles. The molecule has 0 unspecified atom stereocenters. The first kappa shape index (κ1) is 12.7. The van der Waals surface area contributed by atoms with Gasteiger partial charge in [-0.15, -0.1) is 0 Å². The number of aromatic nitrogens is 2. The van der Waals surface area contributed by atoms with E-state index in [1.807, 2.05) is 0 Å². The van der Waals surface area contributed by atoms with Crippen molar-refractivity contribution >= 4 is 11.9 Å². The number of nitrogens with one attached hydrogen (secondary N) is 1. The van der Waals surface area contributed by atoms with Crippen LogP contribution in [0.15, 0.2) is 42.7 Å². The summed E-state index contributed by atoms with van der Waals surface area (Å²) in [7, 11) is 0. The molecular weight excluding hydrogens is 242 g/mol. The van der Waals surface area contributed by atoms with E-state index >= 15 is 0 Å². The first-order valence-corrected chi connectivity index (χ1v) is 5.58. The number of aliphatic hydroxyl groups is 1. The van der Waals surface area contributed by atoms with E-state index in [4.69, 9.17) is 5.11 Å². The summed E-state index contributed by atoms with van der Waals surface area (Å²) in [6, 6.07) is 8.54. The Balaban J connectivity index is 2.24. The van der Waals surface area contributed by atoms with E-state index in [0.717, 1.165) is 0 Å². The Bertz CT molecular complexity index is 630. The van der Waals surface area contributed by atoms with Gasteiger partial charge in [-0.2, -0.15) is 0 Å². The number of nitrogens with zero attached hydrogens (tertiary/aromatic N) is 2. The molecule has 0 fully saturated rings. The standard InChI is InChI=1S/C14H11N3O2/c18-10-3-6-11-5-1-2-7-12(11)13(19)17-14-15-8-4-9-16-14/h1-2,4-5,7-9,18H,10H2,(H,15,16,17,19). The summed E-state index contributed by atoms with van der Waals surface area (Å²) in [4.78, 5) is 19.9.